The Labute approximate surface area is 135 Å². The predicted molar refractivity (Wildman–Crippen MR) is 86.9 cm³/mol. The number of anilines is 1. The highest BCUT2D eigenvalue weighted by Crippen LogP contribution is 2.30. The van der Waals surface area contributed by atoms with Crippen LogP contribution in [0.5, 0.6) is 5.75 Å². The SMILES string of the molecule is Cc1cc(Br)c(O)c(C(=O)Nc2nnc(CC(C)C)s2)c1. The summed E-state index contributed by atoms with van der Waals surface area (Å²) in [6.07, 6.45) is 0.828. The maximum atomic E-state index is 12.2. The predicted octanol–water partition coefficient (Wildman–Crippen LogP) is 3.77. The molecule has 0 saturated carbocycles. The first-order valence-electron chi connectivity index (χ1n) is 6.49. The minimum atomic E-state index is -0.399. The van der Waals surface area contributed by atoms with Crippen molar-refractivity contribution in [2.45, 2.75) is 27.2 Å². The van der Waals surface area contributed by atoms with Crippen molar-refractivity contribution in [1.82, 2.24) is 10.2 Å². The molecule has 0 unspecified atom stereocenters. The summed E-state index contributed by atoms with van der Waals surface area (Å²) in [5.41, 5.74) is 1.09. The lowest BCUT2D eigenvalue weighted by molar-refractivity contribution is 0.102. The van der Waals surface area contributed by atoms with Crippen molar-refractivity contribution in [2.24, 2.45) is 5.92 Å². The highest BCUT2D eigenvalue weighted by molar-refractivity contribution is 9.10. The zero-order valence-corrected chi connectivity index (χ0v) is 14.4. The third kappa shape index (κ3) is 4.01. The normalized spacial score (nSPS) is 10.9. The molecule has 7 heteroatoms. The Bertz CT molecular complexity index is 670. The van der Waals surface area contributed by atoms with Crippen LogP contribution in [0.15, 0.2) is 16.6 Å². The van der Waals surface area contributed by atoms with Gasteiger partial charge in [0.05, 0.1) is 10.0 Å². The van der Waals surface area contributed by atoms with Gasteiger partial charge in [-0.1, -0.05) is 25.2 Å². The van der Waals surface area contributed by atoms with E-state index in [-0.39, 0.29) is 11.3 Å². The monoisotopic (exact) mass is 369 g/mol. The van der Waals surface area contributed by atoms with Crippen LogP contribution in [0.2, 0.25) is 0 Å². The molecule has 0 spiro atoms. The van der Waals surface area contributed by atoms with Crippen LogP contribution < -0.4 is 5.32 Å². The number of carbonyl (C=O) groups excluding carboxylic acids is 1. The van der Waals surface area contributed by atoms with E-state index in [2.05, 4.69) is 45.3 Å². The zero-order valence-electron chi connectivity index (χ0n) is 12.0. The molecule has 1 aromatic carbocycles. The molecule has 1 aromatic heterocycles. The number of carbonyl (C=O) groups is 1. The quantitative estimate of drug-likeness (QED) is 0.859. The van der Waals surface area contributed by atoms with E-state index in [1.165, 1.54) is 11.3 Å². The third-order valence-electron chi connectivity index (χ3n) is 2.72. The van der Waals surface area contributed by atoms with Crippen LogP contribution in [0.4, 0.5) is 5.13 Å². The van der Waals surface area contributed by atoms with Gasteiger partial charge in [0.25, 0.3) is 5.91 Å². The lowest BCUT2D eigenvalue weighted by Crippen LogP contribution is -2.12. The number of hydrogen-bond acceptors (Lipinski definition) is 5. The molecule has 2 N–H and O–H groups in total. The van der Waals surface area contributed by atoms with E-state index in [0.717, 1.165) is 17.0 Å². The number of benzene rings is 1. The highest BCUT2D eigenvalue weighted by atomic mass is 79.9. The molecule has 1 heterocycles. The number of nitrogens with one attached hydrogen (secondary N) is 1. The van der Waals surface area contributed by atoms with Crippen molar-refractivity contribution in [3.63, 3.8) is 0 Å². The van der Waals surface area contributed by atoms with E-state index >= 15 is 0 Å². The van der Waals surface area contributed by atoms with E-state index in [0.29, 0.717) is 15.5 Å². The highest BCUT2D eigenvalue weighted by Gasteiger charge is 2.16. The van der Waals surface area contributed by atoms with Gasteiger partial charge in [-0.25, -0.2) is 0 Å². The number of aromatic nitrogens is 2. The van der Waals surface area contributed by atoms with Crippen LogP contribution in [-0.4, -0.2) is 21.2 Å². The summed E-state index contributed by atoms with van der Waals surface area (Å²) in [4.78, 5) is 12.2. The summed E-state index contributed by atoms with van der Waals surface area (Å²) in [6.45, 7) is 6.05. The molecule has 0 aliphatic rings. The number of phenolic OH excluding ortho intramolecular Hbond substituents is 1. The Morgan fingerprint density at radius 3 is 2.81 bits per heavy atom. The number of phenols is 1. The van der Waals surface area contributed by atoms with E-state index < -0.39 is 5.91 Å². The summed E-state index contributed by atoms with van der Waals surface area (Å²) >= 11 is 4.58. The second kappa shape index (κ2) is 6.53. The largest absolute Gasteiger partial charge is 0.506 e. The van der Waals surface area contributed by atoms with E-state index in [1.807, 2.05) is 6.92 Å². The molecule has 2 rings (SSSR count). The lowest BCUT2D eigenvalue weighted by Gasteiger charge is -2.07. The summed E-state index contributed by atoms with van der Waals surface area (Å²) in [7, 11) is 0. The molecule has 2 aromatic rings. The Hall–Kier alpha value is -1.47. The Morgan fingerprint density at radius 1 is 1.43 bits per heavy atom. The first kappa shape index (κ1) is 15.9. The van der Waals surface area contributed by atoms with Gasteiger partial charge in [0, 0.05) is 6.42 Å². The average molecular weight is 370 g/mol. The second-order valence-corrected chi connectivity index (χ2v) is 7.11. The number of nitrogens with zero attached hydrogens (tertiary/aromatic N) is 2. The van der Waals surface area contributed by atoms with Crippen molar-refractivity contribution in [3.05, 3.63) is 32.7 Å². The fourth-order valence-corrected chi connectivity index (χ4v) is 3.33. The molecule has 112 valence electrons. The van der Waals surface area contributed by atoms with Crippen molar-refractivity contribution >= 4 is 38.3 Å². The number of halogens is 1. The van der Waals surface area contributed by atoms with Gasteiger partial charge in [-0.2, -0.15) is 0 Å². The van der Waals surface area contributed by atoms with Crippen LogP contribution >= 0.6 is 27.3 Å². The molecule has 0 atom stereocenters. The molecule has 1 amide bonds. The average Bonchev–Trinajstić information content (AvgIpc) is 2.80. The van der Waals surface area contributed by atoms with Gasteiger partial charge in [0.15, 0.2) is 0 Å². The van der Waals surface area contributed by atoms with Crippen LogP contribution in [0.3, 0.4) is 0 Å². The van der Waals surface area contributed by atoms with Gasteiger partial charge < -0.3 is 5.11 Å². The minimum absolute atomic E-state index is 0.0787. The number of hydrogen-bond donors (Lipinski definition) is 2. The maximum Gasteiger partial charge on any atom is 0.261 e. The molecular weight excluding hydrogens is 354 g/mol. The summed E-state index contributed by atoms with van der Waals surface area (Å²) < 4.78 is 0.491. The Balaban J connectivity index is 2.16. The van der Waals surface area contributed by atoms with Gasteiger partial charge in [0.2, 0.25) is 5.13 Å². The molecule has 0 aliphatic heterocycles. The molecule has 0 fully saturated rings. The molecule has 5 nitrogen and oxygen atoms in total. The molecule has 0 radical (unpaired) electrons. The van der Waals surface area contributed by atoms with Crippen LogP contribution in [-0.2, 0) is 6.42 Å². The van der Waals surface area contributed by atoms with E-state index in [4.69, 9.17) is 0 Å². The van der Waals surface area contributed by atoms with Gasteiger partial charge in [-0.3, -0.25) is 10.1 Å². The smallest absolute Gasteiger partial charge is 0.261 e. The first-order chi connectivity index (χ1) is 9.86. The number of amides is 1. The summed E-state index contributed by atoms with van der Waals surface area (Å²) in [6, 6.07) is 3.38. The molecular formula is C14H16BrN3O2S. The molecule has 0 bridgehead atoms. The topological polar surface area (TPSA) is 75.1 Å². The Morgan fingerprint density at radius 2 is 2.14 bits per heavy atom. The van der Waals surface area contributed by atoms with Gasteiger partial charge in [-0.05, 0) is 46.5 Å². The summed E-state index contributed by atoms with van der Waals surface area (Å²) in [5, 5.41) is 21.9. The molecule has 0 saturated heterocycles. The molecule has 21 heavy (non-hydrogen) atoms. The summed E-state index contributed by atoms with van der Waals surface area (Å²) in [5.74, 6) is 0.00689. The van der Waals surface area contributed by atoms with Crippen LogP contribution in [0.25, 0.3) is 0 Å². The van der Waals surface area contributed by atoms with Crippen molar-refractivity contribution < 1.29 is 9.90 Å². The fraction of sp³-hybridized carbons (Fsp3) is 0.357. The van der Waals surface area contributed by atoms with Gasteiger partial charge in [-0.15, -0.1) is 10.2 Å². The first-order valence-corrected chi connectivity index (χ1v) is 8.10. The minimum Gasteiger partial charge on any atom is -0.506 e. The van der Waals surface area contributed by atoms with Crippen LogP contribution in [0.1, 0.15) is 34.8 Å². The lowest BCUT2D eigenvalue weighted by atomic mass is 10.1. The van der Waals surface area contributed by atoms with E-state index in [1.54, 1.807) is 12.1 Å². The zero-order chi connectivity index (χ0) is 15.6. The van der Waals surface area contributed by atoms with Gasteiger partial charge >= 0.3 is 0 Å². The van der Waals surface area contributed by atoms with Gasteiger partial charge in [0.1, 0.15) is 10.8 Å². The Kier molecular flexibility index (Phi) is 4.95. The fourth-order valence-electron chi connectivity index (χ4n) is 1.81. The van der Waals surface area contributed by atoms with Crippen molar-refractivity contribution in [2.75, 3.05) is 5.32 Å². The molecule has 0 aliphatic carbocycles. The number of aryl methyl sites for hydroxylation is 1. The number of aromatic hydroxyl groups is 1. The number of rotatable bonds is 4. The maximum absolute atomic E-state index is 12.2. The van der Waals surface area contributed by atoms with Crippen molar-refractivity contribution in [3.8, 4) is 5.75 Å². The standard InChI is InChI=1S/C14H16BrN3O2S/c1-7(2)4-11-17-18-14(21-11)16-13(20)9-5-8(3)6-10(15)12(9)19/h5-7,19H,4H2,1-3H3,(H,16,18,20). The third-order valence-corrected chi connectivity index (χ3v) is 4.19. The van der Waals surface area contributed by atoms with Crippen LogP contribution in [0, 0.1) is 12.8 Å². The van der Waals surface area contributed by atoms with Crippen molar-refractivity contribution in [1.29, 1.82) is 0 Å². The van der Waals surface area contributed by atoms with E-state index in [9.17, 15) is 9.90 Å². The second-order valence-electron chi connectivity index (χ2n) is 5.20.